The molecule has 4 unspecified atom stereocenters. The maximum absolute atomic E-state index is 12.9. The quantitative estimate of drug-likeness (QED) is 0.0235. The summed E-state index contributed by atoms with van der Waals surface area (Å²) in [4.78, 5) is 26.9. The first kappa shape index (κ1) is 61.8. The van der Waals surface area contributed by atoms with Crippen molar-refractivity contribution in [3.05, 3.63) is 96.1 Å². The summed E-state index contributed by atoms with van der Waals surface area (Å²) in [6.45, 7) is 5.67. The van der Waals surface area contributed by atoms with Crippen LogP contribution >= 0.6 is 0 Å². The number of benzene rings is 4. The van der Waals surface area contributed by atoms with Crippen LogP contribution in [0.25, 0.3) is 12.2 Å². The van der Waals surface area contributed by atoms with E-state index < -0.39 is 84.5 Å². The van der Waals surface area contributed by atoms with Crippen LogP contribution in [0.3, 0.4) is 0 Å². The molecule has 6 aromatic rings. The molecule has 0 bridgehead atoms. The Morgan fingerprint density at radius 3 is 0.922 bits per heavy atom. The zero-order chi connectivity index (χ0) is 55.9. The standard InChI is InChI=1S/C44H52N12O16S4.Na.H/c1-25(57)21-55(22-26(2)58)43-51-39(45-31-11-15-35(16-12-31)73(61,62)63)49-41(53-43)47-33-9-7-29(37(19-33)75(67,68)69)5-6-30-8-10-34(20-38(30)76(70,71)72)48-42-50-40(46-32-13-17-36(18-14-32)74(64,65)66)52-44(54-42)56(23-27(3)59)24-28(4)60;;/h5-20,25-28,57-60H,21-24H2,1-4H3,(H,61,62,63)(H,64,65,66)(H,67,68,69)(H,70,71,72)(H2,45,47,49,51,53)(H2,46,48,50,52,54);;/b6-5+;;. The molecule has 0 aliphatic rings. The number of nitrogens with one attached hydrogen (secondary N) is 4. The van der Waals surface area contributed by atoms with E-state index in [9.17, 15) is 72.3 Å². The van der Waals surface area contributed by atoms with Gasteiger partial charge in [0, 0.05) is 48.9 Å². The zero-order valence-electron chi connectivity index (χ0n) is 40.4. The van der Waals surface area contributed by atoms with Gasteiger partial charge in [0.15, 0.2) is 0 Å². The van der Waals surface area contributed by atoms with Crippen molar-refractivity contribution in [2.24, 2.45) is 0 Å². The van der Waals surface area contributed by atoms with Crippen molar-refractivity contribution in [1.82, 2.24) is 29.9 Å². The third kappa shape index (κ3) is 18.3. The SMILES string of the molecule is CC(O)CN(CC(C)O)c1nc(Nc2ccc(S(=O)(=O)O)cc2)nc(Nc2ccc(/C=C/c3ccc(Nc4nc(Nc5ccc(S(=O)(=O)O)cc5)nc(N(CC(C)O)CC(C)O)n4)cc3S(=O)(=O)O)c(S(=O)(=O)O)c2)n1.[NaH]. The topological polar surface area (TPSA) is 430 Å². The predicted molar refractivity (Wildman–Crippen MR) is 285 cm³/mol. The van der Waals surface area contributed by atoms with E-state index in [0.717, 1.165) is 48.6 Å². The zero-order valence-corrected chi connectivity index (χ0v) is 43.7. The van der Waals surface area contributed by atoms with Crippen molar-refractivity contribution in [2.45, 2.75) is 71.7 Å². The van der Waals surface area contributed by atoms with Gasteiger partial charge in [-0.05, 0) is 112 Å². The third-order valence-electron chi connectivity index (χ3n) is 10.1. The van der Waals surface area contributed by atoms with Gasteiger partial charge in [0.1, 0.15) is 9.79 Å². The van der Waals surface area contributed by atoms with Crippen molar-refractivity contribution in [2.75, 3.05) is 57.2 Å². The van der Waals surface area contributed by atoms with Gasteiger partial charge in [-0.3, -0.25) is 18.2 Å². The molecule has 28 nitrogen and oxygen atoms in total. The minimum absolute atomic E-state index is 0. The molecule has 2 heterocycles. The summed E-state index contributed by atoms with van der Waals surface area (Å²) in [5.41, 5.74) is 0.108. The van der Waals surface area contributed by atoms with E-state index >= 15 is 0 Å². The summed E-state index contributed by atoms with van der Waals surface area (Å²) < 4.78 is 137. The van der Waals surface area contributed by atoms with Crippen LogP contribution in [0.15, 0.2) is 105 Å². The molecule has 0 saturated carbocycles. The molecule has 77 heavy (non-hydrogen) atoms. The fourth-order valence-corrected chi connectivity index (χ4v) is 9.43. The number of nitrogens with zero attached hydrogens (tertiary/aromatic N) is 8. The van der Waals surface area contributed by atoms with Crippen LogP contribution < -0.4 is 31.1 Å². The Balaban J connectivity index is 0.0000109. The Hall–Kier alpha value is -6.08. The predicted octanol–water partition coefficient (Wildman–Crippen LogP) is 2.68. The van der Waals surface area contributed by atoms with Crippen molar-refractivity contribution in [3.8, 4) is 0 Å². The van der Waals surface area contributed by atoms with Crippen molar-refractivity contribution >= 4 is 141 Å². The van der Waals surface area contributed by atoms with E-state index in [-0.39, 0.29) is 125 Å². The number of aliphatic hydroxyl groups excluding tert-OH is 4. The molecule has 33 heteroatoms. The Kier molecular flexibility index (Phi) is 20.5. The molecule has 2 aromatic heterocycles. The van der Waals surface area contributed by atoms with Crippen LogP contribution in [0.4, 0.5) is 58.4 Å². The minimum atomic E-state index is -5.05. The third-order valence-corrected chi connectivity index (χ3v) is 13.7. The molecular weight excluding hydrogens is 1100 g/mol. The van der Waals surface area contributed by atoms with Crippen LogP contribution in [-0.4, -0.2) is 182 Å². The van der Waals surface area contributed by atoms with Crippen LogP contribution in [-0.2, 0) is 40.5 Å². The van der Waals surface area contributed by atoms with E-state index in [1.54, 1.807) is 0 Å². The molecule has 0 aliphatic carbocycles. The Morgan fingerprint density at radius 2 is 0.675 bits per heavy atom. The molecular formula is C44H53N12NaO16S4. The fourth-order valence-electron chi connectivity index (χ4n) is 7.05. The molecule has 410 valence electrons. The summed E-state index contributed by atoms with van der Waals surface area (Å²) >= 11 is 0. The van der Waals surface area contributed by atoms with Crippen LogP contribution in [0.1, 0.15) is 38.8 Å². The average molecular weight is 1160 g/mol. The Morgan fingerprint density at radius 1 is 0.416 bits per heavy atom. The molecule has 0 aliphatic heterocycles. The van der Waals surface area contributed by atoms with E-state index in [1.165, 1.54) is 86.0 Å². The van der Waals surface area contributed by atoms with Gasteiger partial charge in [-0.15, -0.1) is 0 Å². The van der Waals surface area contributed by atoms with Gasteiger partial charge in [0.25, 0.3) is 40.5 Å². The molecule has 0 spiro atoms. The van der Waals surface area contributed by atoms with Crippen molar-refractivity contribution < 1.29 is 72.3 Å². The van der Waals surface area contributed by atoms with Crippen molar-refractivity contribution in [1.29, 1.82) is 0 Å². The first-order chi connectivity index (χ1) is 35.4. The summed E-state index contributed by atoms with van der Waals surface area (Å²) in [6.07, 6.45) is -1.48. The Bertz CT molecular complexity index is 3290. The van der Waals surface area contributed by atoms with Crippen molar-refractivity contribution in [3.63, 3.8) is 0 Å². The number of rotatable bonds is 24. The van der Waals surface area contributed by atoms with Gasteiger partial charge in [0.2, 0.25) is 35.7 Å². The maximum atomic E-state index is 12.9. The van der Waals surface area contributed by atoms with E-state index in [1.807, 2.05) is 0 Å². The molecule has 0 radical (unpaired) electrons. The van der Waals surface area contributed by atoms with Crippen LogP contribution in [0.2, 0.25) is 0 Å². The first-order valence-electron chi connectivity index (χ1n) is 22.3. The van der Waals surface area contributed by atoms with Gasteiger partial charge in [-0.1, -0.05) is 24.3 Å². The molecule has 6 rings (SSSR count). The Labute approximate surface area is 464 Å². The second kappa shape index (κ2) is 25.6. The molecule has 4 aromatic carbocycles. The number of aromatic nitrogens is 6. The average Bonchev–Trinajstić information content (AvgIpc) is 3.29. The first-order valence-corrected chi connectivity index (χ1v) is 28.0. The molecule has 0 fully saturated rings. The summed E-state index contributed by atoms with van der Waals surface area (Å²) in [6, 6.07) is 16.9. The fraction of sp³-hybridized carbons (Fsp3) is 0.273. The van der Waals surface area contributed by atoms with E-state index in [0.29, 0.717) is 0 Å². The molecule has 4 atom stereocenters. The molecule has 0 saturated heterocycles. The van der Waals surface area contributed by atoms with E-state index in [2.05, 4.69) is 51.2 Å². The number of aliphatic hydroxyl groups is 4. The second-order valence-corrected chi connectivity index (χ2v) is 22.7. The molecule has 12 N–H and O–H groups in total. The van der Waals surface area contributed by atoms with Gasteiger partial charge >= 0.3 is 29.6 Å². The monoisotopic (exact) mass is 1160 g/mol. The van der Waals surface area contributed by atoms with Gasteiger partial charge < -0.3 is 51.5 Å². The van der Waals surface area contributed by atoms with Gasteiger partial charge in [-0.2, -0.15) is 63.6 Å². The number of hydrogen-bond donors (Lipinski definition) is 12. The van der Waals surface area contributed by atoms with Gasteiger partial charge in [0.05, 0.1) is 34.2 Å². The normalized spacial score (nSPS) is 13.7. The number of hydrogen-bond acceptors (Lipinski definition) is 24. The molecule has 0 amide bonds. The van der Waals surface area contributed by atoms with Gasteiger partial charge in [-0.25, -0.2) is 0 Å². The number of anilines is 10. The second-order valence-electron chi connectivity index (χ2n) is 17.1. The van der Waals surface area contributed by atoms with E-state index in [4.69, 9.17) is 0 Å². The summed E-state index contributed by atoms with van der Waals surface area (Å²) in [7, 11) is -19.1. The summed E-state index contributed by atoms with van der Waals surface area (Å²) in [5.74, 6) is -0.949. The summed E-state index contributed by atoms with van der Waals surface area (Å²) in [5, 5.41) is 52.3. The van der Waals surface area contributed by atoms with Crippen LogP contribution in [0.5, 0.6) is 0 Å². The van der Waals surface area contributed by atoms with Crippen LogP contribution in [0, 0.1) is 0 Å².